The largest absolute Gasteiger partial charge is 0.377 e. The van der Waals surface area contributed by atoms with Crippen molar-refractivity contribution in [3.63, 3.8) is 0 Å². The quantitative estimate of drug-likeness (QED) is 0.843. The summed E-state index contributed by atoms with van der Waals surface area (Å²) in [7, 11) is 0. The van der Waals surface area contributed by atoms with Crippen molar-refractivity contribution >= 4 is 23.5 Å². The number of morpholine rings is 1. The maximum atomic E-state index is 12.8. The molecule has 0 spiro atoms. The second-order valence-electron chi connectivity index (χ2n) is 5.24. The molecule has 2 N–H and O–H groups in total. The van der Waals surface area contributed by atoms with E-state index in [1.807, 2.05) is 31.4 Å². The molecule has 1 aromatic carbocycles. The summed E-state index contributed by atoms with van der Waals surface area (Å²) in [5.41, 5.74) is 1.89. The van der Waals surface area contributed by atoms with Gasteiger partial charge in [-0.25, -0.2) is 9.78 Å². The summed E-state index contributed by atoms with van der Waals surface area (Å²) >= 11 is 1.61. The number of rotatable bonds is 3. The SMILES string of the molecule is CSc1cccc(C)c1NC(=O)N1CCOC[C@@H]1c1ncn[nH]1. The number of ether oxygens (including phenoxy) is 1. The molecule has 0 unspecified atom stereocenters. The van der Waals surface area contributed by atoms with Crippen LogP contribution in [0, 0.1) is 6.92 Å². The van der Waals surface area contributed by atoms with Crippen LogP contribution in [0.2, 0.25) is 0 Å². The van der Waals surface area contributed by atoms with E-state index >= 15 is 0 Å². The lowest BCUT2D eigenvalue weighted by Gasteiger charge is -2.34. The van der Waals surface area contributed by atoms with Crippen LogP contribution in [0.25, 0.3) is 0 Å². The molecule has 1 saturated heterocycles. The molecule has 1 atom stereocenters. The second kappa shape index (κ2) is 7.01. The van der Waals surface area contributed by atoms with Crippen molar-refractivity contribution in [1.29, 1.82) is 0 Å². The first-order chi connectivity index (χ1) is 11.2. The summed E-state index contributed by atoms with van der Waals surface area (Å²) in [4.78, 5) is 19.7. The van der Waals surface area contributed by atoms with Gasteiger partial charge in [-0.3, -0.25) is 5.10 Å². The summed E-state index contributed by atoms with van der Waals surface area (Å²) in [6, 6.07) is 5.57. The first-order valence-corrected chi connectivity index (χ1v) is 8.57. The summed E-state index contributed by atoms with van der Waals surface area (Å²) < 4.78 is 5.49. The number of amides is 2. The number of anilines is 1. The molecule has 1 fully saturated rings. The number of hydrogen-bond acceptors (Lipinski definition) is 5. The van der Waals surface area contributed by atoms with E-state index in [0.717, 1.165) is 16.1 Å². The van der Waals surface area contributed by atoms with Crippen molar-refractivity contribution in [1.82, 2.24) is 20.1 Å². The van der Waals surface area contributed by atoms with Gasteiger partial charge in [0.05, 0.1) is 18.9 Å². The first kappa shape index (κ1) is 15.8. The molecule has 1 aliphatic rings. The Kier molecular flexibility index (Phi) is 4.82. The van der Waals surface area contributed by atoms with Crippen molar-refractivity contribution in [2.75, 3.05) is 31.3 Å². The fraction of sp³-hybridized carbons (Fsp3) is 0.400. The van der Waals surface area contributed by atoms with Crippen molar-refractivity contribution < 1.29 is 9.53 Å². The molecule has 1 aromatic heterocycles. The third kappa shape index (κ3) is 3.32. The molecule has 7 nitrogen and oxygen atoms in total. The number of aryl methyl sites for hydroxylation is 1. The molecular formula is C15H19N5O2S. The van der Waals surface area contributed by atoms with Crippen LogP contribution in [-0.2, 0) is 4.74 Å². The van der Waals surface area contributed by atoms with Gasteiger partial charge in [0.1, 0.15) is 18.2 Å². The molecule has 23 heavy (non-hydrogen) atoms. The van der Waals surface area contributed by atoms with Crippen molar-refractivity contribution in [2.24, 2.45) is 0 Å². The Morgan fingerprint density at radius 2 is 2.39 bits per heavy atom. The van der Waals surface area contributed by atoms with Crippen molar-refractivity contribution in [2.45, 2.75) is 17.9 Å². The number of urea groups is 1. The van der Waals surface area contributed by atoms with Crippen molar-refractivity contribution in [3.8, 4) is 0 Å². The van der Waals surface area contributed by atoms with Gasteiger partial charge in [-0.15, -0.1) is 11.8 Å². The fourth-order valence-electron chi connectivity index (χ4n) is 2.60. The molecule has 0 bridgehead atoms. The van der Waals surface area contributed by atoms with Gasteiger partial charge in [0.15, 0.2) is 0 Å². The molecule has 122 valence electrons. The number of para-hydroxylation sites is 1. The zero-order valence-corrected chi connectivity index (χ0v) is 13.9. The first-order valence-electron chi connectivity index (χ1n) is 7.35. The number of thioether (sulfide) groups is 1. The fourth-order valence-corrected chi connectivity index (χ4v) is 3.23. The minimum atomic E-state index is -0.256. The van der Waals surface area contributed by atoms with Gasteiger partial charge in [0.2, 0.25) is 0 Å². The third-order valence-electron chi connectivity index (χ3n) is 3.83. The number of carbonyl (C=O) groups excluding carboxylic acids is 1. The van der Waals surface area contributed by atoms with E-state index in [0.29, 0.717) is 25.6 Å². The minimum absolute atomic E-state index is 0.153. The Bertz CT molecular complexity index is 677. The van der Waals surface area contributed by atoms with Crippen LogP contribution in [0.5, 0.6) is 0 Å². The Morgan fingerprint density at radius 3 is 3.13 bits per heavy atom. The predicted octanol–water partition coefficient (Wildman–Crippen LogP) is 2.44. The predicted molar refractivity (Wildman–Crippen MR) is 88.6 cm³/mol. The molecule has 8 heteroatoms. The van der Waals surface area contributed by atoms with E-state index in [1.165, 1.54) is 6.33 Å². The maximum absolute atomic E-state index is 12.8. The Balaban J connectivity index is 1.82. The van der Waals surface area contributed by atoms with Crippen molar-refractivity contribution in [3.05, 3.63) is 35.9 Å². The summed E-state index contributed by atoms with van der Waals surface area (Å²) in [5.74, 6) is 0.634. The van der Waals surface area contributed by atoms with Gasteiger partial charge in [-0.1, -0.05) is 12.1 Å². The Labute approximate surface area is 138 Å². The standard InChI is InChI=1S/C15H19N5O2S/c1-10-4-3-5-12(23-2)13(10)18-15(21)20-6-7-22-8-11(20)14-16-9-17-19-14/h3-5,9,11H,6-8H2,1-2H3,(H,18,21)(H,16,17,19)/t11-/m1/s1. The number of nitrogens with zero attached hydrogens (tertiary/aromatic N) is 3. The van der Waals surface area contributed by atoms with Gasteiger partial charge < -0.3 is 15.0 Å². The van der Waals surface area contributed by atoms with E-state index in [-0.39, 0.29) is 12.1 Å². The normalized spacial score (nSPS) is 18.0. The number of nitrogens with one attached hydrogen (secondary N) is 2. The number of hydrogen-bond donors (Lipinski definition) is 2. The molecule has 0 aliphatic carbocycles. The number of aromatic amines is 1. The highest BCUT2D eigenvalue weighted by Crippen LogP contribution is 2.30. The molecule has 0 radical (unpaired) electrons. The molecule has 2 amide bonds. The molecule has 2 aromatic rings. The highest BCUT2D eigenvalue weighted by Gasteiger charge is 2.31. The summed E-state index contributed by atoms with van der Waals surface area (Å²) in [5, 5.41) is 9.73. The van der Waals surface area contributed by atoms with Crippen LogP contribution in [0.15, 0.2) is 29.4 Å². The van der Waals surface area contributed by atoms with Crippen LogP contribution in [-0.4, -0.2) is 52.1 Å². The van der Waals surface area contributed by atoms with Gasteiger partial charge in [0.25, 0.3) is 0 Å². The molecule has 1 aliphatic heterocycles. The van der Waals surface area contributed by atoms with Crippen LogP contribution < -0.4 is 5.32 Å². The zero-order valence-electron chi connectivity index (χ0n) is 13.1. The number of aromatic nitrogens is 3. The number of H-pyrrole nitrogens is 1. The van der Waals surface area contributed by atoms with Crippen LogP contribution in [0.3, 0.4) is 0 Å². The summed E-state index contributed by atoms with van der Waals surface area (Å²) in [6.07, 6.45) is 3.43. The number of carbonyl (C=O) groups is 1. The lowest BCUT2D eigenvalue weighted by atomic mass is 10.2. The summed E-state index contributed by atoms with van der Waals surface area (Å²) in [6.45, 7) is 3.42. The van der Waals surface area contributed by atoms with Gasteiger partial charge in [0, 0.05) is 11.4 Å². The molecule has 3 rings (SSSR count). The van der Waals surface area contributed by atoms with Gasteiger partial charge in [-0.2, -0.15) is 5.10 Å². The third-order valence-corrected chi connectivity index (χ3v) is 4.61. The van der Waals surface area contributed by atoms with E-state index < -0.39 is 0 Å². The average Bonchev–Trinajstić information content (AvgIpc) is 3.11. The zero-order chi connectivity index (χ0) is 16.2. The topological polar surface area (TPSA) is 83.1 Å². The monoisotopic (exact) mass is 333 g/mol. The van der Waals surface area contributed by atoms with E-state index in [4.69, 9.17) is 4.74 Å². The van der Waals surface area contributed by atoms with Gasteiger partial charge >= 0.3 is 6.03 Å². The Morgan fingerprint density at radius 1 is 1.52 bits per heavy atom. The smallest absolute Gasteiger partial charge is 0.322 e. The highest BCUT2D eigenvalue weighted by atomic mass is 32.2. The van der Waals surface area contributed by atoms with Crippen LogP contribution >= 0.6 is 11.8 Å². The minimum Gasteiger partial charge on any atom is -0.377 e. The van der Waals surface area contributed by atoms with Crippen LogP contribution in [0.4, 0.5) is 10.5 Å². The lowest BCUT2D eigenvalue weighted by Crippen LogP contribution is -2.46. The molecular weight excluding hydrogens is 314 g/mol. The van der Waals surface area contributed by atoms with E-state index in [2.05, 4.69) is 20.5 Å². The highest BCUT2D eigenvalue weighted by molar-refractivity contribution is 7.98. The van der Waals surface area contributed by atoms with E-state index in [9.17, 15) is 4.79 Å². The van der Waals surface area contributed by atoms with Crippen LogP contribution in [0.1, 0.15) is 17.4 Å². The number of benzene rings is 1. The average molecular weight is 333 g/mol. The lowest BCUT2D eigenvalue weighted by molar-refractivity contribution is 0.0118. The maximum Gasteiger partial charge on any atom is 0.322 e. The Hall–Kier alpha value is -2.06. The molecule has 2 heterocycles. The van der Waals surface area contributed by atoms with E-state index in [1.54, 1.807) is 16.7 Å². The van der Waals surface area contributed by atoms with Gasteiger partial charge in [-0.05, 0) is 24.8 Å². The molecule has 0 saturated carbocycles. The second-order valence-corrected chi connectivity index (χ2v) is 6.09.